The molecule has 1 aromatic carbocycles. The third-order valence-corrected chi connectivity index (χ3v) is 2.76. The fourth-order valence-electron chi connectivity index (χ4n) is 1.14. The van der Waals surface area contributed by atoms with Crippen LogP contribution >= 0.6 is 11.3 Å². The number of thiophene rings is 1. The molecular weight excluding hydrogens is 159 g/mol. The van der Waals surface area contributed by atoms with Crippen LogP contribution < -0.4 is 0 Å². The van der Waals surface area contributed by atoms with Crippen LogP contribution in [0.15, 0.2) is 24.3 Å². The Balaban J connectivity index is 2.92. The van der Waals surface area contributed by atoms with Gasteiger partial charge in [0.1, 0.15) is 5.82 Å². The third kappa shape index (κ3) is 0.942. The summed E-state index contributed by atoms with van der Waals surface area (Å²) in [5.41, 5.74) is 0. The van der Waals surface area contributed by atoms with Crippen LogP contribution in [0.25, 0.3) is 10.1 Å². The van der Waals surface area contributed by atoms with E-state index in [2.05, 4.69) is 0 Å². The molecule has 0 aliphatic heterocycles. The van der Waals surface area contributed by atoms with Crippen LogP contribution in [0.1, 0.15) is 4.88 Å². The SMILES string of the molecule is Cc1sc2ccccc2c1F. The molecule has 0 fully saturated rings. The lowest BCUT2D eigenvalue weighted by molar-refractivity contribution is 0.636. The lowest BCUT2D eigenvalue weighted by atomic mass is 10.2. The fraction of sp³-hybridized carbons (Fsp3) is 0.111. The molecule has 0 unspecified atom stereocenters. The van der Waals surface area contributed by atoms with Crippen LogP contribution in [0, 0.1) is 12.7 Å². The van der Waals surface area contributed by atoms with E-state index >= 15 is 0 Å². The van der Waals surface area contributed by atoms with Gasteiger partial charge in [0.05, 0.1) is 0 Å². The standard InChI is InChI=1S/C9H7FS/c1-6-9(10)7-4-2-3-5-8(7)11-6/h2-5H,1H3. The van der Waals surface area contributed by atoms with Gasteiger partial charge in [-0.2, -0.15) is 0 Å². The summed E-state index contributed by atoms with van der Waals surface area (Å²) in [5.74, 6) is -0.0643. The van der Waals surface area contributed by atoms with Crippen LogP contribution in [0.3, 0.4) is 0 Å². The molecule has 0 aliphatic rings. The van der Waals surface area contributed by atoms with Crippen LogP contribution in [0.5, 0.6) is 0 Å². The number of aryl methyl sites for hydroxylation is 1. The number of fused-ring (bicyclic) bond motifs is 1. The molecule has 0 saturated heterocycles. The van der Waals surface area contributed by atoms with Gasteiger partial charge in [-0.25, -0.2) is 4.39 Å². The van der Waals surface area contributed by atoms with E-state index in [1.165, 1.54) is 11.3 Å². The first-order valence-corrected chi connectivity index (χ1v) is 4.24. The van der Waals surface area contributed by atoms with Gasteiger partial charge in [-0.1, -0.05) is 18.2 Å². The highest BCUT2D eigenvalue weighted by Crippen LogP contribution is 2.28. The molecule has 2 aromatic rings. The Morgan fingerprint density at radius 3 is 2.73 bits per heavy atom. The van der Waals surface area contributed by atoms with Gasteiger partial charge in [0.2, 0.25) is 0 Å². The Bertz CT molecular complexity index is 389. The second-order valence-electron chi connectivity index (χ2n) is 2.47. The lowest BCUT2D eigenvalue weighted by Crippen LogP contribution is -1.69. The van der Waals surface area contributed by atoms with E-state index in [1.807, 2.05) is 24.3 Å². The summed E-state index contributed by atoms with van der Waals surface area (Å²) >= 11 is 1.50. The first kappa shape index (κ1) is 6.80. The Kier molecular flexibility index (Phi) is 1.43. The van der Waals surface area contributed by atoms with Gasteiger partial charge in [-0.3, -0.25) is 0 Å². The van der Waals surface area contributed by atoms with Gasteiger partial charge in [0.25, 0.3) is 0 Å². The molecule has 1 heterocycles. The molecule has 1 aromatic heterocycles. The Labute approximate surface area is 68.3 Å². The predicted molar refractivity (Wildman–Crippen MR) is 46.5 cm³/mol. The third-order valence-electron chi connectivity index (χ3n) is 1.70. The summed E-state index contributed by atoms with van der Waals surface area (Å²) in [5, 5.41) is 0.745. The van der Waals surface area contributed by atoms with Crippen molar-refractivity contribution in [2.75, 3.05) is 0 Å². The van der Waals surface area contributed by atoms with E-state index in [9.17, 15) is 4.39 Å². The zero-order valence-electron chi connectivity index (χ0n) is 6.10. The van der Waals surface area contributed by atoms with Crippen LogP contribution in [0.4, 0.5) is 4.39 Å². The summed E-state index contributed by atoms with van der Waals surface area (Å²) in [7, 11) is 0. The van der Waals surface area contributed by atoms with Crippen molar-refractivity contribution in [3.8, 4) is 0 Å². The first-order chi connectivity index (χ1) is 5.29. The molecule has 2 heteroatoms. The smallest absolute Gasteiger partial charge is 0.144 e. The molecule has 0 N–H and O–H groups in total. The second-order valence-corrected chi connectivity index (χ2v) is 3.72. The molecule has 0 aliphatic carbocycles. The van der Waals surface area contributed by atoms with Crippen molar-refractivity contribution in [1.82, 2.24) is 0 Å². The van der Waals surface area contributed by atoms with Crippen LogP contribution in [-0.4, -0.2) is 0 Å². The van der Waals surface area contributed by atoms with Crippen molar-refractivity contribution < 1.29 is 4.39 Å². The minimum Gasteiger partial charge on any atom is -0.205 e. The first-order valence-electron chi connectivity index (χ1n) is 3.42. The van der Waals surface area contributed by atoms with Crippen molar-refractivity contribution in [3.63, 3.8) is 0 Å². The average Bonchev–Trinajstić information content (AvgIpc) is 2.30. The number of benzene rings is 1. The zero-order valence-corrected chi connectivity index (χ0v) is 6.91. The minimum atomic E-state index is -0.0643. The summed E-state index contributed by atoms with van der Waals surface area (Å²) < 4.78 is 14.2. The molecule has 2 rings (SSSR count). The van der Waals surface area contributed by atoms with E-state index in [0.29, 0.717) is 0 Å². The summed E-state index contributed by atoms with van der Waals surface area (Å²) in [6.07, 6.45) is 0. The lowest BCUT2D eigenvalue weighted by Gasteiger charge is -1.85. The highest BCUT2D eigenvalue weighted by molar-refractivity contribution is 7.19. The van der Waals surface area contributed by atoms with E-state index in [1.54, 1.807) is 6.92 Å². The second kappa shape index (κ2) is 2.31. The van der Waals surface area contributed by atoms with E-state index in [4.69, 9.17) is 0 Å². The van der Waals surface area contributed by atoms with Crippen molar-refractivity contribution in [1.29, 1.82) is 0 Å². The van der Waals surface area contributed by atoms with Crippen LogP contribution in [0.2, 0.25) is 0 Å². The predicted octanol–water partition coefficient (Wildman–Crippen LogP) is 3.35. The van der Waals surface area contributed by atoms with Crippen molar-refractivity contribution in [2.45, 2.75) is 6.92 Å². The maximum Gasteiger partial charge on any atom is 0.144 e. The molecule has 0 atom stereocenters. The highest BCUT2D eigenvalue weighted by Gasteiger charge is 2.05. The Morgan fingerprint density at radius 2 is 2.00 bits per heavy atom. The summed E-state index contributed by atoms with van der Waals surface area (Å²) in [6, 6.07) is 7.54. The maximum atomic E-state index is 13.2. The molecule has 0 saturated carbocycles. The van der Waals surface area contributed by atoms with Crippen molar-refractivity contribution >= 4 is 21.4 Å². The maximum absolute atomic E-state index is 13.2. The largest absolute Gasteiger partial charge is 0.205 e. The van der Waals surface area contributed by atoms with Gasteiger partial charge in [0.15, 0.2) is 0 Å². The van der Waals surface area contributed by atoms with Gasteiger partial charge in [-0.05, 0) is 13.0 Å². The van der Waals surface area contributed by atoms with Crippen molar-refractivity contribution in [3.05, 3.63) is 35.0 Å². The van der Waals surface area contributed by atoms with Crippen LogP contribution in [-0.2, 0) is 0 Å². The molecule has 0 radical (unpaired) electrons. The number of hydrogen-bond donors (Lipinski definition) is 0. The Morgan fingerprint density at radius 1 is 1.27 bits per heavy atom. The van der Waals surface area contributed by atoms with E-state index in [0.717, 1.165) is 15.0 Å². The molecular formula is C9H7FS. The van der Waals surface area contributed by atoms with E-state index in [-0.39, 0.29) is 5.82 Å². The zero-order chi connectivity index (χ0) is 7.84. The quantitative estimate of drug-likeness (QED) is 0.563. The van der Waals surface area contributed by atoms with E-state index < -0.39 is 0 Å². The molecule has 0 amide bonds. The number of hydrogen-bond acceptors (Lipinski definition) is 1. The fourth-order valence-corrected chi connectivity index (χ4v) is 2.08. The average molecular weight is 166 g/mol. The van der Waals surface area contributed by atoms with Crippen molar-refractivity contribution in [2.24, 2.45) is 0 Å². The summed E-state index contributed by atoms with van der Waals surface area (Å²) in [6.45, 7) is 1.81. The summed E-state index contributed by atoms with van der Waals surface area (Å²) in [4.78, 5) is 0.770. The molecule has 0 bridgehead atoms. The highest BCUT2D eigenvalue weighted by atomic mass is 32.1. The van der Waals surface area contributed by atoms with Gasteiger partial charge in [-0.15, -0.1) is 11.3 Å². The minimum absolute atomic E-state index is 0.0643. The monoisotopic (exact) mass is 166 g/mol. The molecule has 56 valence electrons. The van der Waals surface area contributed by atoms with Gasteiger partial charge < -0.3 is 0 Å². The molecule has 0 spiro atoms. The van der Waals surface area contributed by atoms with Gasteiger partial charge in [0, 0.05) is 15.0 Å². The number of rotatable bonds is 0. The molecule has 0 nitrogen and oxygen atoms in total. The molecule has 11 heavy (non-hydrogen) atoms. The number of halogens is 1. The van der Waals surface area contributed by atoms with Gasteiger partial charge >= 0.3 is 0 Å². The Hall–Kier alpha value is -0.890. The normalized spacial score (nSPS) is 10.7. The topological polar surface area (TPSA) is 0 Å².